The lowest BCUT2D eigenvalue weighted by molar-refractivity contribution is -0.241. The smallest absolute Gasteiger partial charge is 0.305 e. The first-order chi connectivity index (χ1) is 62.8. The van der Waals surface area contributed by atoms with Crippen molar-refractivity contribution in [1.82, 2.24) is 78.3 Å². The molecule has 0 spiro atoms. The van der Waals surface area contributed by atoms with Gasteiger partial charge in [-0.1, -0.05) is 86.5 Å². The number of phenolic OH excluding ortho intramolecular Hbond substituents is 1. The summed E-state index contributed by atoms with van der Waals surface area (Å²) in [6.07, 6.45) is 6.25. The molecule has 0 aliphatic carbocycles. The zero-order valence-corrected chi connectivity index (χ0v) is 80.4. The number of hydrogen-bond acceptors (Lipinski definition) is 26. The van der Waals surface area contributed by atoms with E-state index in [9.17, 15) is 72.9 Å². The van der Waals surface area contributed by atoms with E-state index in [-0.39, 0.29) is 181 Å². The molecule has 22 N–H and O–H groups in total. The number of esters is 1. The molecule has 2 aromatic heterocycles. The van der Waals surface area contributed by atoms with Crippen molar-refractivity contribution < 1.29 is 101 Å². The Balaban J connectivity index is 1.15. The Kier molecular flexibility index (Phi) is 45.8. The number of fused-ring (bicyclic) bond motifs is 1. The van der Waals surface area contributed by atoms with Gasteiger partial charge < -0.3 is 130 Å². The number of imidazole rings is 1. The molecule has 2 fully saturated rings. The van der Waals surface area contributed by atoms with Gasteiger partial charge in [0.1, 0.15) is 66.5 Å². The third kappa shape index (κ3) is 41.5. The molecule has 2 aromatic carbocycles. The van der Waals surface area contributed by atoms with Crippen molar-refractivity contribution in [2.45, 2.75) is 294 Å². The summed E-state index contributed by atoms with van der Waals surface area (Å²) in [6, 6.07) is 2.03. The summed E-state index contributed by atoms with van der Waals surface area (Å²) in [4.78, 5) is 209. The Bertz CT molecular complexity index is 4480. The molecule has 42 heteroatoms. The second-order valence-electron chi connectivity index (χ2n) is 37.6. The molecule has 2 saturated heterocycles. The normalized spacial score (nSPS) is 16.4. The molecule has 4 heterocycles. The molecule has 4 aromatic rings. The average Bonchev–Trinajstić information content (AvgIpc) is 1.78. The number of phenols is 1. The second kappa shape index (κ2) is 54.8. The van der Waals surface area contributed by atoms with Gasteiger partial charge in [-0.15, -0.1) is 0 Å². The Hall–Kier alpha value is -10.5. The molecule has 2 aliphatic rings. The van der Waals surface area contributed by atoms with Gasteiger partial charge in [0.25, 0.3) is 0 Å². The van der Waals surface area contributed by atoms with Crippen molar-refractivity contribution in [1.29, 1.82) is 0 Å². The molecular formula is C91H143N19O21S2. The van der Waals surface area contributed by atoms with E-state index in [0.717, 1.165) is 0 Å². The summed E-state index contributed by atoms with van der Waals surface area (Å²) in [5.74, 6) is -8.67. The van der Waals surface area contributed by atoms with Crippen molar-refractivity contribution in [2.75, 3.05) is 71.4 Å². The van der Waals surface area contributed by atoms with Gasteiger partial charge in [0.2, 0.25) is 70.9 Å². The van der Waals surface area contributed by atoms with Gasteiger partial charge in [-0.3, -0.25) is 67.3 Å². The predicted octanol–water partition coefficient (Wildman–Crippen LogP) is 2.22. The van der Waals surface area contributed by atoms with Crippen LogP contribution >= 0.6 is 21.6 Å². The highest BCUT2D eigenvalue weighted by Gasteiger charge is 2.42. The minimum absolute atomic E-state index is 0.00292. The number of nitrogens with zero attached hydrogens (tertiary/aromatic N) is 3. The van der Waals surface area contributed by atoms with Gasteiger partial charge in [-0.2, -0.15) is 0 Å². The lowest BCUT2D eigenvalue weighted by Crippen LogP contribution is -2.65. The Labute approximate surface area is 785 Å². The monoisotopic (exact) mass is 1900 g/mol. The molecule has 740 valence electrons. The van der Waals surface area contributed by atoms with Crippen LogP contribution in [-0.4, -0.2) is 278 Å². The number of aldehydes is 1. The lowest BCUT2D eigenvalue weighted by atomic mass is 9.89. The van der Waals surface area contributed by atoms with Crippen LogP contribution in [0.1, 0.15) is 209 Å². The fourth-order valence-electron chi connectivity index (χ4n) is 15.0. The Morgan fingerprint density at radius 1 is 0.707 bits per heavy atom. The number of carbonyl (C=O) groups excluding carboxylic acids is 14. The summed E-state index contributed by atoms with van der Waals surface area (Å²) >= 11 is 0. The Morgan fingerprint density at radius 3 is 2.02 bits per heavy atom. The van der Waals surface area contributed by atoms with Crippen LogP contribution in [0.4, 0.5) is 0 Å². The first kappa shape index (κ1) is 111. The summed E-state index contributed by atoms with van der Waals surface area (Å²) < 4.78 is 23.6. The third-order valence-corrected chi connectivity index (χ3v) is 25.3. The summed E-state index contributed by atoms with van der Waals surface area (Å²) in [5.41, 5.74) is 15.0. The molecule has 133 heavy (non-hydrogen) atoms. The molecule has 11 unspecified atom stereocenters. The van der Waals surface area contributed by atoms with Crippen LogP contribution in [0.2, 0.25) is 0 Å². The van der Waals surface area contributed by atoms with Crippen molar-refractivity contribution in [2.24, 2.45) is 33.5 Å². The summed E-state index contributed by atoms with van der Waals surface area (Å²) in [7, 11) is 3.25. The van der Waals surface area contributed by atoms with E-state index in [1.165, 1.54) is 41.7 Å². The molecule has 0 bridgehead atoms. The van der Waals surface area contributed by atoms with E-state index < -0.39 is 156 Å². The van der Waals surface area contributed by atoms with Crippen LogP contribution in [0, 0.1) is 11.3 Å². The number of nitrogens with two attached hydrogens (primary N) is 3. The van der Waals surface area contributed by atoms with Crippen molar-refractivity contribution in [3.05, 3.63) is 84.1 Å². The number of benzene rings is 2. The number of aliphatic hydroxyl groups excluding tert-OH is 2. The van der Waals surface area contributed by atoms with Crippen LogP contribution in [0.5, 0.6) is 5.75 Å². The minimum Gasteiger partial charge on any atom is -0.508 e. The molecule has 12 amide bonds. The van der Waals surface area contributed by atoms with Gasteiger partial charge in [0.15, 0.2) is 12.2 Å². The van der Waals surface area contributed by atoms with E-state index in [0.29, 0.717) is 78.6 Å². The number of primary amides is 1. The standard InChI is InChI=1S/C91H143N19O21S2/c1-56(2)42-67(80(122)104-66(23-18-37-98-86(93)94)85(127)110-39-19-24-71(110)84(126)100-49-72(92)115)105-78(120)64(22-15-16-36-96-74(117)33-34-89(9,10)129-40-35-90(11,12)133-132-41-38-97-73(116)25-17-26-76(119)128-52-77(131-88(6,7)8)130-61(50-111)46-87(3,4)5)101-53-91(54-113,45-57-27-29-60(114)30-28-57)109-83(125)70(51-112)108-81(123)68(43-58-47-99-63-21-14-13-20-62(58)63)106-82(124)69(44-59-48-95-55-102-59)107-79(121)65-31-32-75(118)103-65/h13-14,20-21,27-30,47-48,54-56,61,64-71,77,99,101,111-112,114H,15-19,22-26,31-46,49-53H2,1-12H3,(H2,92,115)(H,95,102)(H,96,117)(H,97,116)(H,100,126)(H,103,118)(H,104,122)(H,105,120)(H,106,124)(H,107,121)(H,108,123)(H,109,125)(H4,93,94,98). The molecular weight excluding hydrogens is 1760 g/mol. The minimum atomic E-state index is -2.09. The topological polar surface area (TPSA) is 607 Å². The highest BCUT2D eigenvalue weighted by atomic mass is 33.1. The van der Waals surface area contributed by atoms with E-state index in [2.05, 4.69) is 92.3 Å². The number of aromatic hydroxyl groups is 1. The maximum absolute atomic E-state index is 15.3. The molecule has 6 rings (SSSR count). The maximum Gasteiger partial charge on any atom is 0.305 e. The number of likely N-dealkylation sites (tertiary alicyclic amines) is 1. The molecule has 0 radical (unpaired) electrons. The fraction of sp³-hybridized carbons (Fsp3) is 0.648. The lowest BCUT2D eigenvalue weighted by Gasteiger charge is -2.34. The van der Waals surface area contributed by atoms with Gasteiger partial charge >= 0.3 is 5.97 Å². The first-order valence-corrected chi connectivity index (χ1v) is 47.8. The number of unbranched alkanes of at least 4 members (excludes halogenated alkanes) is 1. The number of carbonyl (C=O) groups is 14. The van der Waals surface area contributed by atoms with Crippen LogP contribution in [0.3, 0.4) is 0 Å². The summed E-state index contributed by atoms with van der Waals surface area (Å²) in [5, 5.41) is 62.6. The van der Waals surface area contributed by atoms with E-state index in [4.69, 9.17) is 36.1 Å². The van der Waals surface area contributed by atoms with Crippen LogP contribution in [0.25, 0.3) is 10.9 Å². The predicted molar refractivity (Wildman–Crippen MR) is 502 cm³/mol. The van der Waals surface area contributed by atoms with Crippen molar-refractivity contribution in [3.8, 4) is 5.75 Å². The van der Waals surface area contributed by atoms with Crippen molar-refractivity contribution >= 4 is 122 Å². The number of aliphatic imine (C=N–C) groups is 1. The number of ether oxygens (including phenoxy) is 4. The molecule has 11 atom stereocenters. The van der Waals surface area contributed by atoms with Gasteiger partial charge in [0.05, 0.1) is 49.4 Å². The number of guanidine groups is 1. The van der Waals surface area contributed by atoms with Crippen molar-refractivity contribution in [3.63, 3.8) is 0 Å². The average molecular weight is 1900 g/mol. The highest BCUT2D eigenvalue weighted by molar-refractivity contribution is 8.77. The SMILES string of the molecule is CC(C)CC(NC(=O)C(CCCCNC(=O)CCC(C)(C)OCCC(C)(C)SSCCNC(=O)CCCC(=O)OCC(OC(CO)CC(C)(C)C)OC(C)(C)C)NCC(C=O)(Cc1ccc(O)cc1)NC(=O)C(CO)NC(=O)C(Cc1c[nH]c2ccccc12)NC(=O)C(Cc1cnc[nH]1)NC(=O)C1CCC(=O)N1)C(=O)NC(CCCN=C(N)N)C(=O)N1CCCC1C(=O)NCC(N)=O. The number of hydrogen-bond donors (Lipinski definition) is 19. The number of amides is 12. The maximum atomic E-state index is 15.3. The zero-order valence-electron chi connectivity index (χ0n) is 78.8. The molecule has 0 saturated carbocycles. The number of aromatic nitrogens is 3. The highest BCUT2D eigenvalue weighted by Crippen LogP contribution is 2.38. The van der Waals surface area contributed by atoms with Crippen LogP contribution < -0.4 is 75.7 Å². The van der Waals surface area contributed by atoms with Gasteiger partial charge in [-0.05, 0) is 173 Å². The van der Waals surface area contributed by atoms with E-state index in [1.54, 1.807) is 65.9 Å². The van der Waals surface area contributed by atoms with E-state index in [1.807, 2.05) is 55.4 Å². The second-order valence-corrected chi connectivity index (χ2v) is 40.7. The fourth-order valence-corrected chi connectivity index (χ4v) is 17.4. The van der Waals surface area contributed by atoms with Crippen LogP contribution in [-0.2, 0) is 105 Å². The number of aromatic amines is 2. The Morgan fingerprint density at radius 2 is 1.37 bits per heavy atom. The number of aliphatic hydroxyl groups is 2. The number of nitrogens with one attached hydrogen (secondary N) is 13. The van der Waals surface area contributed by atoms with Gasteiger partial charge in [-0.25, -0.2) is 4.98 Å². The largest absolute Gasteiger partial charge is 0.508 e. The molecule has 2 aliphatic heterocycles. The zero-order chi connectivity index (χ0) is 98.2. The number of para-hydroxylation sites is 1. The first-order valence-electron chi connectivity index (χ1n) is 45.5. The third-order valence-electron chi connectivity index (χ3n) is 21.9. The van der Waals surface area contributed by atoms with Gasteiger partial charge in [0, 0.05) is 124 Å². The van der Waals surface area contributed by atoms with E-state index >= 15 is 9.59 Å². The quantitative estimate of drug-likeness (QED) is 0.00573. The van der Waals surface area contributed by atoms with Crippen LogP contribution in [0.15, 0.2) is 72.2 Å². The number of rotatable bonds is 61. The molecule has 40 nitrogen and oxygen atoms in total. The number of H-pyrrole nitrogens is 2. The summed E-state index contributed by atoms with van der Waals surface area (Å²) in [6.45, 7) is 21.8.